The molecular weight excluding hydrogens is 307 g/mol. The molecule has 2 aromatic rings. The summed E-state index contributed by atoms with van der Waals surface area (Å²) in [7, 11) is 0. The van der Waals surface area contributed by atoms with Crippen LogP contribution in [-0.4, -0.2) is 23.5 Å². The molecule has 0 atom stereocenters. The van der Waals surface area contributed by atoms with Crippen LogP contribution in [0.5, 0.6) is 0 Å². The van der Waals surface area contributed by atoms with Crippen LogP contribution in [0.3, 0.4) is 0 Å². The molecule has 1 aromatic heterocycles. The molecule has 7 heteroatoms. The molecule has 0 fully saturated rings. The first-order chi connectivity index (χ1) is 10.6. The smallest absolute Gasteiger partial charge is 0.311 e. The van der Waals surface area contributed by atoms with Crippen molar-refractivity contribution in [2.75, 3.05) is 11.9 Å². The van der Waals surface area contributed by atoms with Crippen molar-refractivity contribution in [3.8, 4) is 0 Å². The molecule has 1 heterocycles. The van der Waals surface area contributed by atoms with Gasteiger partial charge >= 0.3 is 5.97 Å². The van der Waals surface area contributed by atoms with E-state index in [0.29, 0.717) is 23.0 Å². The van der Waals surface area contributed by atoms with Crippen molar-refractivity contribution in [3.05, 3.63) is 46.7 Å². The van der Waals surface area contributed by atoms with Crippen molar-refractivity contribution in [1.82, 2.24) is 4.98 Å². The fourth-order valence-electron chi connectivity index (χ4n) is 1.78. The first kappa shape index (κ1) is 16.1. The molecule has 0 saturated carbocycles. The molecule has 5 nitrogen and oxygen atoms in total. The third kappa shape index (κ3) is 4.63. The SMILES string of the molecule is CCOC(=O)Cc1csc(NC(=O)Cc2ccccc2F)n1. The van der Waals surface area contributed by atoms with Crippen LogP contribution in [0.4, 0.5) is 9.52 Å². The van der Waals surface area contributed by atoms with E-state index in [1.807, 2.05) is 0 Å². The third-order valence-electron chi connectivity index (χ3n) is 2.74. The Balaban J connectivity index is 1.91. The summed E-state index contributed by atoms with van der Waals surface area (Å²) in [4.78, 5) is 27.3. The quantitative estimate of drug-likeness (QED) is 0.830. The van der Waals surface area contributed by atoms with Gasteiger partial charge in [-0.1, -0.05) is 18.2 Å². The lowest BCUT2D eigenvalue weighted by Crippen LogP contribution is -2.15. The largest absolute Gasteiger partial charge is 0.466 e. The van der Waals surface area contributed by atoms with Crippen molar-refractivity contribution in [3.63, 3.8) is 0 Å². The van der Waals surface area contributed by atoms with Gasteiger partial charge in [0.25, 0.3) is 0 Å². The molecule has 2 rings (SSSR count). The van der Waals surface area contributed by atoms with E-state index in [1.54, 1.807) is 30.5 Å². The summed E-state index contributed by atoms with van der Waals surface area (Å²) in [5.41, 5.74) is 0.855. The van der Waals surface area contributed by atoms with Crippen LogP contribution in [0.1, 0.15) is 18.2 Å². The Labute approximate surface area is 131 Å². The molecule has 116 valence electrons. The molecule has 1 N–H and O–H groups in total. The summed E-state index contributed by atoms with van der Waals surface area (Å²) in [6, 6.07) is 6.11. The summed E-state index contributed by atoms with van der Waals surface area (Å²) < 4.78 is 18.3. The highest BCUT2D eigenvalue weighted by atomic mass is 32.1. The van der Waals surface area contributed by atoms with Gasteiger partial charge in [-0.25, -0.2) is 9.37 Å². The number of thiazole rings is 1. The maximum Gasteiger partial charge on any atom is 0.311 e. The van der Waals surface area contributed by atoms with Crippen LogP contribution in [0.2, 0.25) is 0 Å². The summed E-state index contributed by atoms with van der Waals surface area (Å²) in [6.07, 6.45) is -0.00696. The van der Waals surface area contributed by atoms with E-state index in [9.17, 15) is 14.0 Å². The fourth-order valence-corrected chi connectivity index (χ4v) is 2.51. The highest BCUT2D eigenvalue weighted by Gasteiger charge is 2.12. The number of nitrogens with zero attached hydrogens (tertiary/aromatic N) is 1. The molecule has 0 aliphatic rings. The van der Waals surface area contributed by atoms with Gasteiger partial charge in [-0.15, -0.1) is 11.3 Å². The summed E-state index contributed by atoms with van der Waals surface area (Å²) in [6.45, 7) is 2.04. The summed E-state index contributed by atoms with van der Waals surface area (Å²) >= 11 is 1.21. The van der Waals surface area contributed by atoms with Gasteiger partial charge < -0.3 is 10.1 Å². The molecule has 0 spiro atoms. The predicted molar refractivity (Wildman–Crippen MR) is 81.2 cm³/mol. The Morgan fingerprint density at radius 3 is 2.82 bits per heavy atom. The van der Waals surface area contributed by atoms with Crippen LogP contribution in [0.15, 0.2) is 29.6 Å². The average molecular weight is 322 g/mol. The number of carbonyl (C=O) groups is 2. The predicted octanol–water partition coefficient (Wildman–Crippen LogP) is 2.57. The van der Waals surface area contributed by atoms with Gasteiger partial charge in [0.15, 0.2) is 5.13 Å². The van der Waals surface area contributed by atoms with Crippen molar-refractivity contribution in [2.24, 2.45) is 0 Å². The number of esters is 1. The minimum atomic E-state index is -0.417. The normalized spacial score (nSPS) is 10.3. The average Bonchev–Trinajstić information content (AvgIpc) is 2.88. The van der Waals surface area contributed by atoms with E-state index in [0.717, 1.165) is 0 Å². The zero-order valence-corrected chi connectivity index (χ0v) is 12.8. The standard InChI is InChI=1S/C15H15FN2O3S/c1-2-21-14(20)8-11-9-22-15(17-11)18-13(19)7-10-5-3-4-6-12(10)16/h3-6,9H,2,7-8H2,1H3,(H,17,18,19). The molecule has 0 saturated heterocycles. The van der Waals surface area contributed by atoms with Gasteiger partial charge in [-0.05, 0) is 18.6 Å². The van der Waals surface area contributed by atoms with E-state index in [-0.39, 0.29) is 24.7 Å². The highest BCUT2D eigenvalue weighted by Crippen LogP contribution is 2.17. The summed E-state index contributed by atoms with van der Waals surface area (Å²) in [5.74, 6) is -1.14. The molecule has 0 aliphatic heterocycles. The number of ether oxygens (including phenoxy) is 1. The van der Waals surface area contributed by atoms with Crippen LogP contribution in [0, 0.1) is 5.82 Å². The maximum atomic E-state index is 13.5. The number of benzene rings is 1. The summed E-state index contributed by atoms with van der Waals surface area (Å²) in [5, 5.41) is 4.64. The van der Waals surface area contributed by atoms with Crippen LogP contribution in [0.25, 0.3) is 0 Å². The van der Waals surface area contributed by atoms with E-state index < -0.39 is 5.82 Å². The highest BCUT2D eigenvalue weighted by molar-refractivity contribution is 7.13. The Morgan fingerprint density at radius 2 is 2.09 bits per heavy atom. The Hall–Kier alpha value is -2.28. The van der Waals surface area contributed by atoms with Gasteiger partial charge in [0, 0.05) is 5.38 Å². The molecule has 22 heavy (non-hydrogen) atoms. The maximum absolute atomic E-state index is 13.5. The van der Waals surface area contributed by atoms with Gasteiger partial charge in [0.05, 0.1) is 25.1 Å². The second-order valence-electron chi connectivity index (χ2n) is 4.44. The van der Waals surface area contributed by atoms with Gasteiger partial charge in [0.2, 0.25) is 5.91 Å². The molecule has 0 aliphatic carbocycles. The van der Waals surface area contributed by atoms with Crippen LogP contribution < -0.4 is 5.32 Å². The zero-order valence-electron chi connectivity index (χ0n) is 12.0. The number of anilines is 1. The minimum absolute atomic E-state index is 0.0630. The van der Waals surface area contributed by atoms with Gasteiger partial charge in [-0.2, -0.15) is 0 Å². The van der Waals surface area contributed by atoms with Crippen molar-refractivity contribution in [1.29, 1.82) is 0 Å². The molecule has 1 amide bonds. The lowest BCUT2D eigenvalue weighted by atomic mass is 10.1. The lowest BCUT2D eigenvalue weighted by Gasteiger charge is -2.03. The topological polar surface area (TPSA) is 68.3 Å². The minimum Gasteiger partial charge on any atom is -0.466 e. The number of amides is 1. The Morgan fingerprint density at radius 1 is 1.32 bits per heavy atom. The first-order valence-corrected chi connectivity index (χ1v) is 7.59. The number of aromatic nitrogens is 1. The van der Waals surface area contributed by atoms with Crippen molar-refractivity contribution >= 4 is 28.3 Å². The molecule has 1 aromatic carbocycles. The monoisotopic (exact) mass is 322 g/mol. The van der Waals surface area contributed by atoms with E-state index in [2.05, 4.69) is 10.3 Å². The first-order valence-electron chi connectivity index (χ1n) is 6.71. The molecule has 0 radical (unpaired) electrons. The van der Waals surface area contributed by atoms with Crippen LogP contribution in [-0.2, 0) is 27.2 Å². The Bertz CT molecular complexity index is 672. The van der Waals surface area contributed by atoms with Crippen molar-refractivity contribution < 1.29 is 18.7 Å². The van der Waals surface area contributed by atoms with Gasteiger partial charge in [-0.3, -0.25) is 9.59 Å². The molecule has 0 bridgehead atoms. The van der Waals surface area contributed by atoms with E-state index in [1.165, 1.54) is 17.4 Å². The third-order valence-corrected chi connectivity index (χ3v) is 3.54. The number of hydrogen-bond acceptors (Lipinski definition) is 5. The second-order valence-corrected chi connectivity index (χ2v) is 5.30. The lowest BCUT2D eigenvalue weighted by molar-refractivity contribution is -0.142. The number of halogens is 1. The van der Waals surface area contributed by atoms with Crippen LogP contribution >= 0.6 is 11.3 Å². The van der Waals surface area contributed by atoms with Gasteiger partial charge in [0.1, 0.15) is 5.82 Å². The number of carbonyl (C=O) groups excluding carboxylic acids is 2. The number of rotatable bonds is 6. The zero-order chi connectivity index (χ0) is 15.9. The molecular formula is C15H15FN2O3S. The van der Waals surface area contributed by atoms with E-state index in [4.69, 9.17) is 4.74 Å². The van der Waals surface area contributed by atoms with Crippen molar-refractivity contribution in [2.45, 2.75) is 19.8 Å². The molecule has 0 unspecified atom stereocenters. The second kappa shape index (κ2) is 7.65. The Kier molecular flexibility index (Phi) is 5.60. The van der Waals surface area contributed by atoms with E-state index >= 15 is 0 Å². The fraction of sp³-hybridized carbons (Fsp3) is 0.267. The number of nitrogens with one attached hydrogen (secondary N) is 1. The number of hydrogen-bond donors (Lipinski definition) is 1.